The van der Waals surface area contributed by atoms with Crippen LogP contribution < -0.4 is 4.74 Å². The third kappa shape index (κ3) is 2.90. The van der Waals surface area contributed by atoms with Gasteiger partial charge < -0.3 is 9.84 Å². The zero-order chi connectivity index (χ0) is 15.6. The van der Waals surface area contributed by atoms with E-state index >= 15 is 0 Å². The number of fused-ring (bicyclic) bond motifs is 1. The molecule has 0 spiro atoms. The van der Waals surface area contributed by atoms with Crippen LogP contribution in [0.2, 0.25) is 0 Å². The molecule has 118 valence electrons. The molecule has 1 fully saturated rings. The van der Waals surface area contributed by atoms with Gasteiger partial charge in [0, 0.05) is 5.56 Å². The summed E-state index contributed by atoms with van der Waals surface area (Å²) in [7, 11) is 0. The maximum atomic E-state index is 9.63. The van der Waals surface area contributed by atoms with Crippen molar-refractivity contribution in [2.45, 2.75) is 37.9 Å². The first-order valence-electron chi connectivity index (χ1n) is 7.91. The molecule has 0 amide bonds. The summed E-state index contributed by atoms with van der Waals surface area (Å²) in [6, 6.07) is 9.82. The summed E-state index contributed by atoms with van der Waals surface area (Å²) in [5, 5.41) is 17.4. The molecule has 4 rings (SSSR count). The number of aromatic amines is 1. The second kappa shape index (κ2) is 5.96. The van der Waals surface area contributed by atoms with Crippen molar-refractivity contribution in [2.75, 3.05) is 0 Å². The summed E-state index contributed by atoms with van der Waals surface area (Å²) in [4.78, 5) is 9.12. The first-order valence-corrected chi connectivity index (χ1v) is 7.91. The first kappa shape index (κ1) is 14.1. The predicted octanol–water partition coefficient (Wildman–Crippen LogP) is 2.70. The molecule has 0 aliphatic heterocycles. The highest BCUT2D eigenvalue weighted by atomic mass is 16.5. The summed E-state index contributed by atoms with van der Waals surface area (Å²) in [5.41, 5.74) is 1.61. The van der Waals surface area contributed by atoms with Gasteiger partial charge in [0.2, 0.25) is 5.88 Å². The number of benzene rings is 1. The van der Waals surface area contributed by atoms with E-state index in [0.29, 0.717) is 17.4 Å². The van der Waals surface area contributed by atoms with E-state index in [1.807, 2.05) is 30.3 Å². The van der Waals surface area contributed by atoms with E-state index in [9.17, 15) is 5.11 Å². The molecule has 0 unspecified atom stereocenters. The lowest BCUT2D eigenvalue weighted by Crippen LogP contribution is -2.26. The molecule has 0 radical (unpaired) electrons. The van der Waals surface area contributed by atoms with Crippen LogP contribution in [0.15, 0.2) is 36.5 Å². The number of H-pyrrole nitrogens is 1. The van der Waals surface area contributed by atoms with E-state index in [1.54, 1.807) is 6.20 Å². The lowest BCUT2D eigenvalue weighted by molar-refractivity contribution is 0.0652. The normalized spacial score (nSPS) is 21.4. The molecule has 1 aromatic carbocycles. The molecule has 6 nitrogen and oxygen atoms in total. The minimum absolute atomic E-state index is 0.0787. The van der Waals surface area contributed by atoms with Crippen molar-refractivity contribution in [3.63, 3.8) is 0 Å². The molecule has 1 aliphatic carbocycles. The number of aliphatic hydroxyl groups is 1. The van der Waals surface area contributed by atoms with Crippen molar-refractivity contribution in [1.29, 1.82) is 0 Å². The second-order valence-corrected chi connectivity index (χ2v) is 5.90. The number of ether oxygens (including phenoxy) is 1. The number of nitrogens with one attached hydrogen (secondary N) is 1. The highest BCUT2D eigenvalue weighted by molar-refractivity contribution is 5.81. The largest absolute Gasteiger partial charge is 0.474 e. The van der Waals surface area contributed by atoms with Gasteiger partial charge in [-0.05, 0) is 25.7 Å². The standard InChI is InChI=1S/C17H18N4O2/c22-12-6-8-13(9-7-12)23-17-14-10-18-21-16(14)19-15(20-17)11-4-2-1-3-5-11/h1-5,10,12-13,22H,6-9H2,(H,18,19,20,21). The molecular weight excluding hydrogens is 292 g/mol. The summed E-state index contributed by atoms with van der Waals surface area (Å²) in [6.07, 6.45) is 4.79. The Labute approximate surface area is 133 Å². The zero-order valence-corrected chi connectivity index (χ0v) is 12.6. The summed E-state index contributed by atoms with van der Waals surface area (Å²) in [5.74, 6) is 1.18. The molecule has 3 aromatic rings. The molecule has 1 aliphatic rings. The number of nitrogens with zero attached hydrogens (tertiary/aromatic N) is 3. The predicted molar refractivity (Wildman–Crippen MR) is 86.0 cm³/mol. The highest BCUT2D eigenvalue weighted by Gasteiger charge is 2.22. The van der Waals surface area contributed by atoms with Gasteiger partial charge >= 0.3 is 0 Å². The fourth-order valence-corrected chi connectivity index (χ4v) is 2.94. The third-order valence-electron chi connectivity index (χ3n) is 4.23. The van der Waals surface area contributed by atoms with Crippen LogP contribution >= 0.6 is 0 Å². The molecule has 0 atom stereocenters. The zero-order valence-electron chi connectivity index (χ0n) is 12.6. The SMILES string of the molecule is OC1CCC(Oc2nc(-c3ccccc3)nc3[nH]ncc23)CC1. The quantitative estimate of drug-likeness (QED) is 0.777. The van der Waals surface area contributed by atoms with Crippen molar-refractivity contribution in [3.8, 4) is 17.3 Å². The van der Waals surface area contributed by atoms with Gasteiger partial charge in [0.15, 0.2) is 11.5 Å². The van der Waals surface area contributed by atoms with Gasteiger partial charge in [-0.1, -0.05) is 30.3 Å². The summed E-state index contributed by atoms with van der Waals surface area (Å²) in [6.45, 7) is 0. The van der Waals surface area contributed by atoms with Crippen LogP contribution in [0.25, 0.3) is 22.4 Å². The van der Waals surface area contributed by atoms with Crippen molar-refractivity contribution < 1.29 is 9.84 Å². The van der Waals surface area contributed by atoms with E-state index in [2.05, 4.69) is 20.2 Å². The average molecular weight is 310 g/mol. The van der Waals surface area contributed by atoms with E-state index in [0.717, 1.165) is 36.6 Å². The number of aliphatic hydroxyl groups excluding tert-OH is 1. The Kier molecular flexibility index (Phi) is 3.67. The Morgan fingerprint density at radius 2 is 1.83 bits per heavy atom. The molecule has 0 bridgehead atoms. The van der Waals surface area contributed by atoms with Gasteiger partial charge in [-0.15, -0.1) is 0 Å². The van der Waals surface area contributed by atoms with Gasteiger partial charge in [-0.2, -0.15) is 10.1 Å². The second-order valence-electron chi connectivity index (χ2n) is 5.90. The Balaban J connectivity index is 1.69. The third-order valence-corrected chi connectivity index (χ3v) is 4.23. The van der Waals surface area contributed by atoms with Gasteiger partial charge in [-0.25, -0.2) is 4.98 Å². The van der Waals surface area contributed by atoms with Crippen molar-refractivity contribution in [3.05, 3.63) is 36.5 Å². The lowest BCUT2D eigenvalue weighted by Gasteiger charge is -2.25. The Morgan fingerprint density at radius 3 is 2.61 bits per heavy atom. The van der Waals surface area contributed by atoms with E-state index in [-0.39, 0.29) is 12.2 Å². The fraction of sp³-hybridized carbons (Fsp3) is 0.353. The van der Waals surface area contributed by atoms with E-state index in [4.69, 9.17) is 4.74 Å². The maximum Gasteiger partial charge on any atom is 0.228 e. The number of rotatable bonds is 3. The van der Waals surface area contributed by atoms with Crippen molar-refractivity contribution in [2.24, 2.45) is 0 Å². The molecule has 23 heavy (non-hydrogen) atoms. The van der Waals surface area contributed by atoms with E-state index in [1.165, 1.54) is 0 Å². The highest BCUT2D eigenvalue weighted by Crippen LogP contribution is 2.29. The molecular formula is C17H18N4O2. The first-order chi connectivity index (χ1) is 11.3. The molecule has 2 aromatic heterocycles. The van der Waals surface area contributed by atoms with Crippen LogP contribution in [-0.2, 0) is 0 Å². The monoisotopic (exact) mass is 310 g/mol. The minimum Gasteiger partial charge on any atom is -0.474 e. The van der Waals surface area contributed by atoms with Crippen LogP contribution in [0, 0.1) is 0 Å². The summed E-state index contributed by atoms with van der Waals surface area (Å²) < 4.78 is 6.12. The fourth-order valence-electron chi connectivity index (χ4n) is 2.94. The van der Waals surface area contributed by atoms with Gasteiger partial charge in [0.05, 0.1) is 12.3 Å². The molecule has 0 saturated heterocycles. The number of aromatic nitrogens is 4. The van der Waals surface area contributed by atoms with E-state index < -0.39 is 0 Å². The number of hydrogen-bond acceptors (Lipinski definition) is 5. The smallest absolute Gasteiger partial charge is 0.228 e. The Bertz CT molecular complexity index is 795. The lowest BCUT2D eigenvalue weighted by atomic mass is 9.95. The minimum atomic E-state index is -0.200. The van der Waals surface area contributed by atoms with Crippen LogP contribution in [0.3, 0.4) is 0 Å². The molecule has 2 N–H and O–H groups in total. The Hall–Kier alpha value is -2.47. The van der Waals surface area contributed by atoms with Crippen molar-refractivity contribution >= 4 is 11.0 Å². The van der Waals surface area contributed by atoms with Crippen LogP contribution in [-0.4, -0.2) is 37.5 Å². The van der Waals surface area contributed by atoms with Gasteiger partial charge in [-0.3, -0.25) is 5.10 Å². The molecule has 6 heteroatoms. The van der Waals surface area contributed by atoms with Gasteiger partial charge in [0.1, 0.15) is 11.5 Å². The molecule has 2 heterocycles. The Morgan fingerprint density at radius 1 is 1.04 bits per heavy atom. The maximum absolute atomic E-state index is 9.63. The van der Waals surface area contributed by atoms with Crippen molar-refractivity contribution in [1.82, 2.24) is 20.2 Å². The summed E-state index contributed by atoms with van der Waals surface area (Å²) >= 11 is 0. The van der Waals surface area contributed by atoms with Crippen LogP contribution in [0.1, 0.15) is 25.7 Å². The van der Waals surface area contributed by atoms with Crippen LogP contribution in [0.4, 0.5) is 0 Å². The number of hydrogen-bond donors (Lipinski definition) is 2. The van der Waals surface area contributed by atoms with Gasteiger partial charge in [0.25, 0.3) is 0 Å². The average Bonchev–Trinajstić information content (AvgIpc) is 3.06. The molecule has 1 saturated carbocycles. The topological polar surface area (TPSA) is 83.9 Å². The van der Waals surface area contributed by atoms with Crippen LogP contribution in [0.5, 0.6) is 5.88 Å².